The van der Waals surface area contributed by atoms with E-state index in [1.165, 1.54) is 11.3 Å². The molecule has 0 aliphatic carbocycles. The molecule has 15 heavy (non-hydrogen) atoms. The monoisotopic (exact) mass is 225 g/mol. The van der Waals surface area contributed by atoms with Gasteiger partial charge in [0, 0.05) is 31.3 Å². The van der Waals surface area contributed by atoms with Crippen molar-refractivity contribution in [3.8, 4) is 0 Å². The number of benzene rings is 1. The fourth-order valence-electron chi connectivity index (χ4n) is 1.92. The van der Waals surface area contributed by atoms with Crippen molar-refractivity contribution in [2.24, 2.45) is 0 Å². The number of para-hydroxylation sites is 1. The molecule has 0 amide bonds. The maximum absolute atomic E-state index is 5.93. The van der Waals surface area contributed by atoms with Crippen molar-refractivity contribution in [3.63, 3.8) is 0 Å². The first-order chi connectivity index (χ1) is 7.42. The van der Waals surface area contributed by atoms with Crippen LogP contribution in [0.5, 0.6) is 0 Å². The van der Waals surface area contributed by atoms with Crippen molar-refractivity contribution in [2.45, 2.75) is 12.3 Å². The van der Waals surface area contributed by atoms with Crippen LogP contribution in [0.25, 0.3) is 0 Å². The third-order valence-corrected chi connectivity index (χ3v) is 2.99. The van der Waals surface area contributed by atoms with E-state index in [4.69, 9.17) is 16.3 Å². The molecule has 0 radical (unpaired) electrons. The van der Waals surface area contributed by atoms with Gasteiger partial charge in [0.15, 0.2) is 0 Å². The number of hydrogen-bond acceptors (Lipinski definition) is 2. The molecule has 0 N–H and O–H groups in total. The van der Waals surface area contributed by atoms with Crippen molar-refractivity contribution >= 4 is 17.3 Å². The lowest BCUT2D eigenvalue weighted by Gasteiger charge is -2.24. The highest BCUT2D eigenvalue weighted by molar-refractivity contribution is 6.17. The molecule has 0 atom stereocenters. The van der Waals surface area contributed by atoms with E-state index in [9.17, 15) is 0 Å². The van der Waals surface area contributed by atoms with E-state index < -0.39 is 0 Å². The molecule has 1 aliphatic rings. The van der Waals surface area contributed by atoms with Crippen LogP contribution < -0.4 is 4.90 Å². The van der Waals surface area contributed by atoms with Crippen molar-refractivity contribution in [1.29, 1.82) is 0 Å². The van der Waals surface area contributed by atoms with E-state index in [0.717, 1.165) is 32.7 Å². The fourth-order valence-corrected chi connectivity index (χ4v) is 2.15. The second-order valence-electron chi connectivity index (χ2n) is 3.72. The zero-order chi connectivity index (χ0) is 10.5. The standard InChI is InChI=1S/C12H16ClNO/c13-10-11-4-1-2-5-12(11)14-6-3-8-15-9-7-14/h1-2,4-5H,3,6-10H2. The third-order valence-electron chi connectivity index (χ3n) is 2.70. The molecule has 1 heterocycles. The first kappa shape index (κ1) is 10.8. The molecule has 82 valence electrons. The summed E-state index contributed by atoms with van der Waals surface area (Å²) in [6.45, 7) is 3.72. The zero-order valence-corrected chi connectivity index (χ0v) is 9.54. The number of nitrogens with zero attached hydrogens (tertiary/aromatic N) is 1. The van der Waals surface area contributed by atoms with E-state index in [1.54, 1.807) is 0 Å². The quantitative estimate of drug-likeness (QED) is 0.718. The molecule has 2 rings (SSSR count). The van der Waals surface area contributed by atoms with Crippen LogP contribution in [-0.2, 0) is 10.6 Å². The van der Waals surface area contributed by atoms with Gasteiger partial charge in [0.05, 0.1) is 6.61 Å². The van der Waals surface area contributed by atoms with Crippen LogP contribution in [0.3, 0.4) is 0 Å². The normalized spacial score (nSPS) is 17.5. The Labute approximate surface area is 95.8 Å². The van der Waals surface area contributed by atoms with Gasteiger partial charge < -0.3 is 9.64 Å². The van der Waals surface area contributed by atoms with Gasteiger partial charge >= 0.3 is 0 Å². The van der Waals surface area contributed by atoms with Crippen molar-refractivity contribution in [2.75, 3.05) is 31.2 Å². The minimum atomic E-state index is 0.577. The summed E-state index contributed by atoms with van der Waals surface area (Å²) in [5.41, 5.74) is 2.47. The molecular formula is C12H16ClNO. The van der Waals surface area contributed by atoms with E-state index in [2.05, 4.69) is 23.1 Å². The molecule has 1 aromatic rings. The zero-order valence-electron chi connectivity index (χ0n) is 8.79. The molecule has 0 unspecified atom stereocenters. The van der Waals surface area contributed by atoms with Gasteiger partial charge in [-0.25, -0.2) is 0 Å². The van der Waals surface area contributed by atoms with Crippen molar-refractivity contribution in [1.82, 2.24) is 0 Å². The Morgan fingerprint density at radius 1 is 1.20 bits per heavy atom. The SMILES string of the molecule is ClCc1ccccc1N1CCCOCC1. The molecule has 0 aromatic heterocycles. The summed E-state index contributed by atoms with van der Waals surface area (Å²) in [6, 6.07) is 8.34. The summed E-state index contributed by atoms with van der Waals surface area (Å²) in [4.78, 5) is 2.37. The van der Waals surface area contributed by atoms with Gasteiger partial charge in [-0.05, 0) is 18.1 Å². The fraction of sp³-hybridized carbons (Fsp3) is 0.500. The molecule has 0 saturated carbocycles. The van der Waals surface area contributed by atoms with Gasteiger partial charge in [-0.1, -0.05) is 18.2 Å². The third kappa shape index (κ3) is 2.64. The summed E-state index contributed by atoms with van der Waals surface area (Å²) in [7, 11) is 0. The molecular weight excluding hydrogens is 210 g/mol. The van der Waals surface area contributed by atoms with Gasteiger partial charge in [0.25, 0.3) is 0 Å². The largest absolute Gasteiger partial charge is 0.380 e. The number of anilines is 1. The van der Waals surface area contributed by atoms with Gasteiger partial charge in [-0.3, -0.25) is 0 Å². The number of rotatable bonds is 2. The van der Waals surface area contributed by atoms with Crippen LogP contribution in [0.1, 0.15) is 12.0 Å². The van der Waals surface area contributed by atoms with Crippen LogP contribution in [-0.4, -0.2) is 26.3 Å². The smallest absolute Gasteiger partial charge is 0.0641 e. The molecule has 0 bridgehead atoms. The van der Waals surface area contributed by atoms with Crippen LogP contribution in [0.4, 0.5) is 5.69 Å². The second-order valence-corrected chi connectivity index (χ2v) is 3.98. The van der Waals surface area contributed by atoms with Gasteiger partial charge in [-0.15, -0.1) is 11.6 Å². The number of halogens is 1. The lowest BCUT2D eigenvalue weighted by molar-refractivity contribution is 0.152. The van der Waals surface area contributed by atoms with E-state index in [0.29, 0.717) is 5.88 Å². The Morgan fingerprint density at radius 2 is 2.07 bits per heavy atom. The molecule has 1 aliphatic heterocycles. The highest BCUT2D eigenvalue weighted by Gasteiger charge is 2.12. The maximum Gasteiger partial charge on any atom is 0.0641 e. The molecule has 3 heteroatoms. The van der Waals surface area contributed by atoms with Gasteiger partial charge in [-0.2, -0.15) is 0 Å². The topological polar surface area (TPSA) is 12.5 Å². The highest BCUT2D eigenvalue weighted by Crippen LogP contribution is 2.22. The van der Waals surface area contributed by atoms with Crippen molar-refractivity contribution in [3.05, 3.63) is 29.8 Å². The molecule has 0 spiro atoms. The van der Waals surface area contributed by atoms with Crippen LogP contribution >= 0.6 is 11.6 Å². The predicted molar refractivity (Wildman–Crippen MR) is 63.6 cm³/mol. The molecule has 1 aromatic carbocycles. The molecule has 1 fully saturated rings. The predicted octanol–water partition coefficient (Wildman–Crippen LogP) is 2.65. The summed E-state index contributed by atoms with van der Waals surface area (Å²) in [5, 5.41) is 0. The first-order valence-corrected chi connectivity index (χ1v) is 5.92. The number of alkyl halides is 1. The van der Waals surface area contributed by atoms with Gasteiger partial charge in [0.2, 0.25) is 0 Å². The summed E-state index contributed by atoms with van der Waals surface area (Å²) >= 11 is 5.93. The Hall–Kier alpha value is -0.730. The average Bonchev–Trinajstić information content (AvgIpc) is 2.57. The van der Waals surface area contributed by atoms with Crippen LogP contribution in [0.15, 0.2) is 24.3 Å². The average molecular weight is 226 g/mol. The van der Waals surface area contributed by atoms with Crippen LogP contribution in [0.2, 0.25) is 0 Å². The minimum Gasteiger partial charge on any atom is -0.380 e. The lowest BCUT2D eigenvalue weighted by atomic mass is 10.1. The Morgan fingerprint density at radius 3 is 2.93 bits per heavy atom. The second kappa shape index (κ2) is 5.38. The Kier molecular flexibility index (Phi) is 3.87. The molecule has 2 nitrogen and oxygen atoms in total. The van der Waals surface area contributed by atoms with E-state index >= 15 is 0 Å². The molecule has 1 saturated heterocycles. The van der Waals surface area contributed by atoms with E-state index in [1.807, 2.05) is 6.07 Å². The number of hydrogen-bond donors (Lipinski definition) is 0. The lowest BCUT2D eigenvalue weighted by Crippen LogP contribution is -2.26. The maximum atomic E-state index is 5.93. The number of ether oxygens (including phenoxy) is 1. The summed E-state index contributed by atoms with van der Waals surface area (Å²) in [6.07, 6.45) is 1.09. The first-order valence-electron chi connectivity index (χ1n) is 5.38. The Balaban J connectivity index is 2.18. The van der Waals surface area contributed by atoms with Gasteiger partial charge in [0.1, 0.15) is 0 Å². The van der Waals surface area contributed by atoms with Crippen LogP contribution in [0, 0.1) is 0 Å². The van der Waals surface area contributed by atoms with E-state index in [-0.39, 0.29) is 0 Å². The summed E-state index contributed by atoms with van der Waals surface area (Å²) in [5.74, 6) is 0.577. The van der Waals surface area contributed by atoms with Crippen molar-refractivity contribution < 1.29 is 4.74 Å². The highest BCUT2D eigenvalue weighted by atomic mass is 35.5. The summed E-state index contributed by atoms with van der Waals surface area (Å²) < 4.78 is 5.45. The Bertz CT molecular complexity index is 308. The minimum absolute atomic E-state index is 0.577.